The first-order valence-corrected chi connectivity index (χ1v) is 6.77. The summed E-state index contributed by atoms with van der Waals surface area (Å²) >= 11 is 0. The summed E-state index contributed by atoms with van der Waals surface area (Å²) in [5, 5.41) is 3.49. The minimum Gasteiger partial charge on any atom is -0.308 e. The highest BCUT2D eigenvalue weighted by Crippen LogP contribution is 2.08. The average molecular weight is 240 g/mol. The van der Waals surface area contributed by atoms with Crippen molar-refractivity contribution in [2.45, 2.75) is 60.0 Å². The molecule has 0 aliphatic carbocycles. The standard InChI is InChI=1S/C15H32N2/c1-12(2)10-17(13(3)4)11-14(5)9-16-15(6,7)8/h12-13,16H,5,9-11H2,1-4,6-8H3. The van der Waals surface area contributed by atoms with Gasteiger partial charge in [0.05, 0.1) is 0 Å². The van der Waals surface area contributed by atoms with E-state index >= 15 is 0 Å². The van der Waals surface area contributed by atoms with Crippen molar-refractivity contribution in [1.29, 1.82) is 0 Å². The molecule has 0 heterocycles. The molecule has 0 aliphatic rings. The van der Waals surface area contributed by atoms with Crippen molar-refractivity contribution in [1.82, 2.24) is 10.2 Å². The third-order valence-corrected chi connectivity index (χ3v) is 2.63. The van der Waals surface area contributed by atoms with E-state index < -0.39 is 0 Å². The molecule has 0 amide bonds. The molecule has 102 valence electrons. The molecule has 0 aromatic heterocycles. The van der Waals surface area contributed by atoms with Gasteiger partial charge in [-0.05, 0) is 46.1 Å². The van der Waals surface area contributed by atoms with Crippen LogP contribution in [0.15, 0.2) is 12.2 Å². The Labute approximate surface area is 108 Å². The lowest BCUT2D eigenvalue weighted by Gasteiger charge is -2.30. The Kier molecular flexibility index (Phi) is 7.03. The molecule has 1 N–H and O–H groups in total. The Bertz CT molecular complexity index is 224. The highest BCUT2D eigenvalue weighted by atomic mass is 15.1. The zero-order valence-corrected chi connectivity index (χ0v) is 12.9. The number of nitrogens with one attached hydrogen (secondary N) is 1. The molecule has 0 saturated carbocycles. The third kappa shape index (κ3) is 9.37. The summed E-state index contributed by atoms with van der Waals surface area (Å²) in [7, 11) is 0. The topological polar surface area (TPSA) is 15.3 Å². The van der Waals surface area contributed by atoms with Crippen molar-refractivity contribution >= 4 is 0 Å². The summed E-state index contributed by atoms with van der Waals surface area (Å²) in [4.78, 5) is 2.50. The van der Waals surface area contributed by atoms with Crippen molar-refractivity contribution in [2.75, 3.05) is 19.6 Å². The van der Waals surface area contributed by atoms with Crippen LogP contribution in [0.1, 0.15) is 48.5 Å². The van der Waals surface area contributed by atoms with Gasteiger partial charge in [-0.2, -0.15) is 0 Å². The molecule has 0 aromatic carbocycles. The fourth-order valence-electron chi connectivity index (χ4n) is 1.66. The number of rotatable bonds is 7. The van der Waals surface area contributed by atoms with E-state index in [0.29, 0.717) is 12.0 Å². The van der Waals surface area contributed by atoms with Gasteiger partial charge in [0.15, 0.2) is 0 Å². The van der Waals surface area contributed by atoms with E-state index in [4.69, 9.17) is 0 Å². The quantitative estimate of drug-likeness (QED) is 0.687. The smallest absolute Gasteiger partial charge is 0.0205 e. The fourth-order valence-corrected chi connectivity index (χ4v) is 1.66. The summed E-state index contributed by atoms with van der Waals surface area (Å²) in [5.74, 6) is 0.709. The van der Waals surface area contributed by atoms with E-state index in [9.17, 15) is 0 Å². The van der Waals surface area contributed by atoms with Crippen LogP contribution in [0.2, 0.25) is 0 Å². The van der Waals surface area contributed by atoms with Crippen molar-refractivity contribution in [3.8, 4) is 0 Å². The maximum Gasteiger partial charge on any atom is 0.0205 e. The van der Waals surface area contributed by atoms with Crippen LogP contribution >= 0.6 is 0 Å². The molecule has 0 bridgehead atoms. The number of hydrogen-bond acceptors (Lipinski definition) is 2. The van der Waals surface area contributed by atoms with Crippen LogP contribution in [0.5, 0.6) is 0 Å². The monoisotopic (exact) mass is 240 g/mol. The van der Waals surface area contributed by atoms with Gasteiger partial charge in [-0.1, -0.05) is 20.4 Å². The first-order valence-electron chi connectivity index (χ1n) is 6.77. The van der Waals surface area contributed by atoms with Crippen LogP contribution in [0.4, 0.5) is 0 Å². The normalized spacial score (nSPS) is 12.8. The van der Waals surface area contributed by atoms with E-state index in [1.807, 2.05) is 0 Å². The highest BCUT2D eigenvalue weighted by Gasteiger charge is 2.14. The predicted octanol–water partition coefficient (Wildman–Crippen LogP) is 3.30. The second-order valence-corrected chi connectivity index (χ2v) is 6.77. The van der Waals surface area contributed by atoms with Gasteiger partial charge in [-0.25, -0.2) is 0 Å². The summed E-state index contributed by atoms with van der Waals surface area (Å²) < 4.78 is 0. The van der Waals surface area contributed by atoms with Crippen molar-refractivity contribution in [3.05, 3.63) is 12.2 Å². The third-order valence-electron chi connectivity index (χ3n) is 2.63. The second-order valence-electron chi connectivity index (χ2n) is 6.77. The SMILES string of the molecule is C=C(CNC(C)(C)C)CN(CC(C)C)C(C)C. The Morgan fingerprint density at radius 3 is 2.06 bits per heavy atom. The van der Waals surface area contributed by atoms with Crippen molar-refractivity contribution in [3.63, 3.8) is 0 Å². The Balaban J connectivity index is 4.13. The maximum atomic E-state index is 4.18. The zero-order valence-electron chi connectivity index (χ0n) is 12.9. The molecule has 0 radical (unpaired) electrons. The van der Waals surface area contributed by atoms with Gasteiger partial charge in [0, 0.05) is 31.2 Å². The summed E-state index contributed by atoms with van der Waals surface area (Å²) in [6.07, 6.45) is 0. The van der Waals surface area contributed by atoms with Gasteiger partial charge in [0.1, 0.15) is 0 Å². The van der Waals surface area contributed by atoms with E-state index in [2.05, 4.69) is 65.3 Å². The van der Waals surface area contributed by atoms with Crippen LogP contribution in [0, 0.1) is 5.92 Å². The maximum absolute atomic E-state index is 4.18. The molecule has 17 heavy (non-hydrogen) atoms. The van der Waals surface area contributed by atoms with Gasteiger partial charge >= 0.3 is 0 Å². The second kappa shape index (κ2) is 7.17. The Morgan fingerprint density at radius 2 is 1.71 bits per heavy atom. The lowest BCUT2D eigenvalue weighted by atomic mass is 10.1. The van der Waals surface area contributed by atoms with Gasteiger partial charge in [-0.3, -0.25) is 4.90 Å². The molecule has 0 saturated heterocycles. The Morgan fingerprint density at radius 1 is 1.18 bits per heavy atom. The molecule has 0 unspecified atom stereocenters. The minimum atomic E-state index is 0.170. The number of nitrogens with zero attached hydrogens (tertiary/aromatic N) is 1. The van der Waals surface area contributed by atoms with Crippen molar-refractivity contribution in [2.24, 2.45) is 5.92 Å². The molecule has 2 nitrogen and oxygen atoms in total. The summed E-state index contributed by atoms with van der Waals surface area (Å²) in [6.45, 7) is 22.9. The Hall–Kier alpha value is -0.340. The molecule has 2 heteroatoms. The van der Waals surface area contributed by atoms with Gasteiger partial charge in [-0.15, -0.1) is 0 Å². The van der Waals surface area contributed by atoms with E-state index in [1.54, 1.807) is 0 Å². The lowest BCUT2D eigenvalue weighted by molar-refractivity contribution is 0.212. The van der Waals surface area contributed by atoms with Gasteiger partial charge < -0.3 is 5.32 Å². The molecular formula is C15H32N2. The van der Waals surface area contributed by atoms with Crippen LogP contribution < -0.4 is 5.32 Å². The average Bonchev–Trinajstić information content (AvgIpc) is 2.11. The molecule has 0 atom stereocenters. The van der Waals surface area contributed by atoms with Crippen LogP contribution in [-0.2, 0) is 0 Å². The highest BCUT2D eigenvalue weighted by molar-refractivity contribution is 5.01. The molecule has 0 spiro atoms. The van der Waals surface area contributed by atoms with Crippen LogP contribution in [-0.4, -0.2) is 36.1 Å². The summed E-state index contributed by atoms with van der Waals surface area (Å²) in [5.41, 5.74) is 1.44. The largest absolute Gasteiger partial charge is 0.308 e. The van der Waals surface area contributed by atoms with E-state index in [0.717, 1.165) is 19.6 Å². The molecular weight excluding hydrogens is 208 g/mol. The number of hydrogen-bond donors (Lipinski definition) is 1. The fraction of sp³-hybridized carbons (Fsp3) is 0.867. The first kappa shape index (κ1) is 16.7. The molecule has 0 aromatic rings. The van der Waals surface area contributed by atoms with Crippen LogP contribution in [0.25, 0.3) is 0 Å². The van der Waals surface area contributed by atoms with Gasteiger partial charge in [0.2, 0.25) is 0 Å². The zero-order chi connectivity index (χ0) is 13.6. The molecule has 0 rings (SSSR count). The van der Waals surface area contributed by atoms with Crippen molar-refractivity contribution < 1.29 is 0 Å². The predicted molar refractivity (Wildman–Crippen MR) is 78.4 cm³/mol. The molecule has 0 fully saturated rings. The minimum absolute atomic E-state index is 0.170. The first-order chi connectivity index (χ1) is 7.61. The summed E-state index contributed by atoms with van der Waals surface area (Å²) in [6, 6.07) is 0.587. The van der Waals surface area contributed by atoms with Crippen LogP contribution in [0.3, 0.4) is 0 Å². The molecule has 0 aliphatic heterocycles. The van der Waals surface area contributed by atoms with E-state index in [-0.39, 0.29) is 5.54 Å². The van der Waals surface area contributed by atoms with E-state index in [1.165, 1.54) is 5.57 Å². The lowest BCUT2D eigenvalue weighted by Crippen LogP contribution is -2.41. The van der Waals surface area contributed by atoms with Gasteiger partial charge in [0.25, 0.3) is 0 Å².